The summed E-state index contributed by atoms with van der Waals surface area (Å²) in [5.74, 6) is -1.01. The number of anilines is 1. The number of carboxylic acids is 1. The second-order valence-corrected chi connectivity index (χ2v) is 5.13. The lowest BCUT2D eigenvalue weighted by Crippen LogP contribution is -2.37. The van der Waals surface area contributed by atoms with Crippen molar-refractivity contribution in [2.24, 2.45) is 0 Å². The quantitative estimate of drug-likeness (QED) is 0.717. The summed E-state index contributed by atoms with van der Waals surface area (Å²) in [6.07, 6.45) is 2.50. The van der Waals surface area contributed by atoms with Gasteiger partial charge in [0.1, 0.15) is 0 Å². The first-order valence-electron chi connectivity index (χ1n) is 7.22. The Morgan fingerprint density at radius 1 is 1.38 bits per heavy atom. The lowest BCUT2D eigenvalue weighted by Gasteiger charge is -2.19. The number of carbonyl (C=O) groups excluding carboxylic acids is 1. The molecule has 0 heterocycles. The minimum atomic E-state index is -1.01. The first-order chi connectivity index (χ1) is 10.1. The molecule has 0 spiro atoms. The van der Waals surface area contributed by atoms with Crippen LogP contribution < -0.4 is 10.6 Å². The van der Waals surface area contributed by atoms with E-state index in [4.69, 9.17) is 5.11 Å². The number of rotatable bonds is 7. The number of nitrogens with one attached hydrogen (secondary N) is 2. The minimum absolute atomic E-state index is 0.152. The van der Waals surface area contributed by atoms with E-state index in [0.717, 1.165) is 13.1 Å². The molecule has 0 aliphatic heterocycles. The summed E-state index contributed by atoms with van der Waals surface area (Å²) in [6, 6.07) is 6.56. The molecule has 1 aromatic rings. The first kappa shape index (κ1) is 15.3. The predicted molar refractivity (Wildman–Crippen MR) is 80.7 cm³/mol. The maximum atomic E-state index is 11.8. The fourth-order valence-electron chi connectivity index (χ4n) is 2.26. The van der Waals surface area contributed by atoms with Crippen LogP contribution in [0.1, 0.15) is 30.1 Å². The maximum Gasteiger partial charge on any atom is 0.335 e. The van der Waals surface area contributed by atoms with Crippen molar-refractivity contribution in [3.05, 3.63) is 29.8 Å². The van der Waals surface area contributed by atoms with Gasteiger partial charge < -0.3 is 15.7 Å². The van der Waals surface area contributed by atoms with Gasteiger partial charge in [0, 0.05) is 24.8 Å². The van der Waals surface area contributed by atoms with Crippen LogP contribution in [0, 0.1) is 0 Å². The number of benzene rings is 1. The number of aromatic carboxylic acids is 1. The van der Waals surface area contributed by atoms with Gasteiger partial charge in [-0.15, -0.1) is 0 Å². The molecule has 0 unspecified atom stereocenters. The van der Waals surface area contributed by atoms with Gasteiger partial charge in [0.05, 0.1) is 5.56 Å². The van der Waals surface area contributed by atoms with Gasteiger partial charge in [-0.1, -0.05) is 13.0 Å². The van der Waals surface area contributed by atoms with Crippen molar-refractivity contribution in [3.63, 3.8) is 0 Å². The van der Waals surface area contributed by atoms with Crippen molar-refractivity contribution >= 4 is 17.7 Å². The SMILES string of the molecule is CCN(CCNC(=O)Nc1cccc(C(=O)O)c1)C1CC1. The second-order valence-electron chi connectivity index (χ2n) is 5.13. The lowest BCUT2D eigenvalue weighted by atomic mass is 10.2. The second kappa shape index (κ2) is 7.08. The average molecular weight is 291 g/mol. The fraction of sp³-hybridized carbons (Fsp3) is 0.467. The van der Waals surface area contributed by atoms with Crippen LogP contribution in [0.15, 0.2) is 24.3 Å². The van der Waals surface area contributed by atoms with E-state index in [1.165, 1.54) is 25.0 Å². The summed E-state index contributed by atoms with van der Waals surface area (Å²) >= 11 is 0. The molecule has 1 fully saturated rings. The van der Waals surface area contributed by atoms with E-state index in [1.54, 1.807) is 12.1 Å². The molecule has 3 N–H and O–H groups in total. The van der Waals surface area contributed by atoms with Crippen molar-refractivity contribution in [1.82, 2.24) is 10.2 Å². The van der Waals surface area contributed by atoms with Gasteiger partial charge in [-0.3, -0.25) is 4.90 Å². The molecule has 0 radical (unpaired) electrons. The molecule has 2 amide bonds. The van der Waals surface area contributed by atoms with Gasteiger partial charge >= 0.3 is 12.0 Å². The summed E-state index contributed by atoms with van der Waals surface area (Å²) in [4.78, 5) is 25.0. The topological polar surface area (TPSA) is 81.7 Å². The van der Waals surface area contributed by atoms with E-state index in [0.29, 0.717) is 18.3 Å². The van der Waals surface area contributed by atoms with E-state index in [2.05, 4.69) is 22.5 Å². The third-order valence-electron chi connectivity index (χ3n) is 3.52. The monoisotopic (exact) mass is 291 g/mol. The van der Waals surface area contributed by atoms with E-state index in [1.807, 2.05) is 0 Å². The lowest BCUT2D eigenvalue weighted by molar-refractivity contribution is 0.0697. The molecule has 0 saturated heterocycles. The van der Waals surface area contributed by atoms with Crippen LogP contribution in [0.3, 0.4) is 0 Å². The normalized spacial score (nSPS) is 14.0. The molecule has 1 aromatic carbocycles. The Balaban J connectivity index is 1.76. The number of urea groups is 1. The number of hydrogen-bond donors (Lipinski definition) is 3. The number of nitrogens with zero attached hydrogens (tertiary/aromatic N) is 1. The molecule has 6 heteroatoms. The molecule has 1 aliphatic carbocycles. The van der Waals surface area contributed by atoms with Crippen molar-refractivity contribution < 1.29 is 14.7 Å². The highest BCUT2D eigenvalue weighted by Gasteiger charge is 2.27. The number of hydrogen-bond acceptors (Lipinski definition) is 3. The molecular formula is C15H21N3O3. The Hall–Kier alpha value is -2.08. The standard InChI is InChI=1S/C15H21N3O3/c1-2-18(13-6-7-13)9-8-16-15(21)17-12-5-3-4-11(10-12)14(19)20/h3-5,10,13H,2,6-9H2,1H3,(H,19,20)(H2,16,17,21). The molecule has 2 rings (SSSR count). The van der Waals surface area contributed by atoms with Crippen molar-refractivity contribution in [2.75, 3.05) is 25.0 Å². The first-order valence-corrected chi connectivity index (χ1v) is 7.22. The van der Waals surface area contributed by atoms with Gasteiger partial charge in [-0.05, 0) is 37.6 Å². The Labute approximate surface area is 124 Å². The van der Waals surface area contributed by atoms with Crippen molar-refractivity contribution in [1.29, 1.82) is 0 Å². The van der Waals surface area contributed by atoms with Crippen LogP contribution in [0.2, 0.25) is 0 Å². The molecule has 114 valence electrons. The average Bonchev–Trinajstić information content (AvgIpc) is 3.28. The molecule has 0 bridgehead atoms. The smallest absolute Gasteiger partial charge is 0.335 e. The van der Waals surface area contributed by atoms with Gasteiger partial charge in [0.15, 0.2) is 0 Å². The van der Waals surface area contributed by atoms with Crippen molar-refractivity contribution in [3.8, 4) is 0 Å². The van der Waals surface area contributed by atoms with E-state index in [-0.39, 0.29) is 11.6 Å². The van der Waals surface area contributed by atoms with Crippen LogP contribution in [0.25, 0.3) is 0 Å². The summed E-state index contributed by atoms with van der Waals surface area (Å²) in [5.41, 5.74) is 0.626. The zero-order valence-electron chi connectivity index (χ0n) is 12.1. The Bertz CT molecular complexity index is 515. The molecule has 0 atom stereocenters. The Kier molecular flexibility index (Phi) is 5.16. The van der Waals surface area contributed by atoms with Gasteiger partial charge in [-0.25, -0.2) is 9.59 Å². The van der Waals surface area contributed by atoms with Gasteiger partial charge in [0.2, 0.25) is 0 Å². The summed E-state index contributed by atoms with van der Waals surface area (Å²) in [6.45, 7) is 4.53. The van der Waals surface area contributed by atoms with Gasteiger partial charge in [0.25, 0.3) is 0 Å². The Morgan fingerprint density at radius 3 is 2.76 bits per heavy atom. The third-order valence-corrected chi connectivity index (χ3v) is 3.52. The zero-order valence-corrected chi connectivity index (χ0v) is 12.1. The Morgan fingerprint density at radius 2 is 2.14 bits per heavy atom. The highest BCUT2D eigenvalue weighted by Crippen LogP contribution is 2.25. The largest absolute Gasteiger partial charge is 0.478 e. The summed E-state index contributed by atoms with van der Waals surface area (Å²) in [7, 11) is 0. The number of amides is 2. The van der Waals surface area contributed by atoms with E-state index in [9.17, 15) is 9.59 Å². The summed E-state index contributed by atoms with van der Waals surface area (Å²) in [5, 5.41) is 14.3. The van der Waals surface area contributed by atoms with Crippen LogP contribution in [-0.4, -0.2) is 47.7 Å². The zero-order chi connectivity index (χ0) is 15.2. The highest BCUT2D eigenvalue weighted by atomic mass is 16.4. The predicted octanol–water partition coefficient (Wildman–Crippen LogP) is 1.99. The van der Waals surface area contributed by atoms with Crippen LogP contribution in [-0.2, 0) is 0 Å². The molecule has 1 aliphatic rings. The fourth-order valence-corrected chi connectivity index (χ4v) is 2.26. The number of carboxylic acid groups (broad SMARTS) is 1. The molecule has 21 heavy (non-hydrogen) atoms. The van der Waals surface area contributed by atoms with Crippen LogP contribution >= 0.6 is 0 Å². The van der Waals surface area contributed by atoms with Crippen LogP contribution in [0.5, 0.6) is 0 Å². The third kappa shape index (κ3) is 4.75. The molecule has 1 saturated carbocycles. The van der Waals surface area contributed by atoms with E-state index >= 15 is 0 Å². The molecular weight excluding hydrogens is 270 g/mol. The minimum Gasteiger partial charge on any atom is -0.478 e. The number of carbonyl (C=O) groups is 2. The summed E-state index contributed by atoms with van der Waals surface area (Å²) < 4.78 is 0. The highest BCUT2D eigenvalue weighted by molar-refractivity contribution is 5.93. The number of likely N-dealkylation sites (N-methyl/N-ethyl adjacent to an activating group) is 1. The van der Waals surface area contributed by atoms with Crippen LogP contribution in [0.4, 0.5) is 10.5 Å². The van der Waals surface area contributed by atoms with Crippen molar-refractivity contribution in [2.45, 2.75) is 25.8 Å². The molecule has 0 aromatic heterocycles. The van der Waals surface area contributed by atoms with E-state index < -0.39 is 5.97 Å². The molecule has 6 nitrogen and oxygen atoms in total. The maximum absolute atomic E-state index is 11.8. The van der Waals surface area contributed by atoms with Gasteiger partial charge in [-0.2, -0.15) is 0 Å².